The molecule has 7 nitrogen and oxygen atoms in total. The monoisotopic (exact) mass is 516 g/mol. The third-order valence-electron chi connectivity index (χ3n) is 5.28. The fourth-order valence-electron chi connectivity index (χ4n) is 3.25. The van der Waals surface area contributed by atoms with Crippen LogP contribution in [0.1, 0.15) is 41.6 Å². The molecule has 0 aliphatic carbocycles. The van der Waals surface area contributed by atoms with Gasteiger partial charge in [0.05, 0.1) is 18.8 Å². The Morgan fingerprint density at radius 3 is 1.84 bits per heavy atom. The molecule has 0 saturated heterocycles. The number of carbonyl (C=O) groups excluding carboxylic acids is 1. The van der Waals surface area contributed by atoms with Gasteiger partial charge in [-0.3, -0.25) is 0 Å². The maximum atomic E-state index is 12.3. The number of esters is 1. The van der Waals surface area contributed by atoms with Gasteiger partial charge in [-0.15, -0.1) is 0 Å². The molecule has 0 spiro atoms. The van der Waals surface area contributed by atoms with Crippen molar-refractivity contribution in [3.63, 3.8) is 0 Å². The molecule has 0 radical (unpaired) electrons. The van der Waals surface area contributed by atoms with Crippen LogP contribution in [-0.4, -0.2) is 26.0 Å². The summed E-state index contributed by atoms with van der Waals surface area (Å²) in [5, 5.41) is 0. The van der Waals surface area contributed by atoms with Gasteiger partial charge in [-0.2, -0.15) is 4.89 Å². The summed E-state index contributed by atoms with van der Waals surface area (Å²) in [7, 11) is 0. The van der Waals surface area contributed by atoms with E-state index < -0.39 is 5.97 Å². The van der Waals surface area contributed by atoms with Crippen LogP contribution in [0.4, 0.5) is 0 Å². The summed E-state index contributed by atoms with van der Waals surface area (Å²) >= 11 is 0. The van der Waals surface area contributed by atoms with Gasteiger partial charge in [0.15, 0.2) is 6.26 Å². The molecule has 3 rings (SSSR count). The number of hydrogen-bond acceptors (Lipinski definition) is 7. The Morgan fingerprint density at radius 2 is 1.26 bits per heavy atom. The van der Waals surface area contributed by atoms with E-state index in [1.165, 1.54) is 6.26 Å². The average Bonchev–Trinajstić information content (AvgIpc) is 2.96. The highest BCUT2D eigenvalue weighted by atomic mass is 17.2. The second kappa shape index (κ2) is 16.3. The second-order valence-corrected chi connectivity index (χ2v) is 8.07. The van der Waals surface area contributed by atoms with Crippen LogP contribution in [0.15, 0.2) is 97.9 Å². The fraction of sp³-hybridized carbons (Fsp3) is 0.226. The summed E-state index contributed by atoms with van der Waals surface area (Å²) < 4.78 is 22.4. The summed E-state index contributed by atoms with van der Waals surface area (Å²) in [6.45, 7) is 8.30. The van der Waals surface area contributed by atoms with Crippen molar-refractivity contribution in [3.05, 3.63) is 109 Å². The van der Waals surface area contributed by atoms with Crippen LogP contribution in [0.2, 0.25) is 0 Å². The van der Waals surface area contributed by atoms with Crippen molar-refractivity contribution < 1.29 is 33.5 Å². The molecule has 0 N–H and O–H groups in total. The van der Waals surface area contributed by atoms with Crippen molar-refractivity contribution in [2.24, 2.45) is 0 Å². The van der Waals surface area contributed by atoms with Gasteiger partial charge in [0.1, 0.15) is 23.0 Å². The number of hydrogen-bond donors (Lipinski definition) is 0. The number of unbranched alkanes of at least 4 members (excludes halogenated alkanes) is 3. The second-order valence-electron chi connectivity index (χ2n) is 8.07. The van der Waals surface area contributed by atoms with Crippen molar-refractivity contribution in [2.75, 3.05) is 20.0 Å². The van der Waals surface area contributed by atoms with Crippen molar-refractivity contribution in [2.45, 2.75) is 25.7 Å². The van der Waals surface area contributed by atoms with E-state index in [1.54, 1.807) is 42.5 Å². The van der Waals surface area contributed by atoms with E-state index in [4.69, 9.17) is 28.7 Å². The first-order valence-corrected chi connectivity index (χ1v) is 12.3. The van der Waals surface area contributed by atoms with Gasteiger partial charge >= 0.3 is 5.97 Å². The fourth-order valence-corrected chi connectivity index (χ4v) is 3.25. The lowest BCUT2D eigenvalue weighted by molar-refractivity contribution is -0.248. The molecule has 0 unspecified atom stereocenters. The van der Waals surface area contributed by atoms with Gasteiger partial charge in [0.25, 0.3) is 0 Å². The van der Waals surface area contributed by atoms with Crippen LogP contribution in [0.5, 0.6) is 23.0 Å². The lowest BCUT2D eigenvalue weighted by atomic mass is 10.1. The van der Waals surface area contributed by atoms with E-state index in [1.807, 2.05) is 36.4 Å². The Kier molecular flexibility index (Phi) is 12.1. The topological polar surface area (TPSA) is 72.5 Å². The number of benzene rings is 3. The van der Waals surface area contributed by atoms with Crippen LogP contribution in [-0.2, 0) is 9.78 Å². The molecule has 7 heteroatoms. The average molecular weight is 517 g/mol. The van der Waals surface area contributed by atoms with E-state index in [9.17, 15) is 4.79 Å². The Balaban J connectivity index is 1.29. The molecule has 0 aliphatic heterocycles. The van der Waals surface area contributed by atoms with Crippen molar-refractivity contribution in [1.29, 1.82) is 0 Å². The highest BCUT2D eigenvalue weighted by Crippen LogP contribution is 2.21. The number of rotatable bonds is 17. The molecule has 0 aliphatic rings. The van der Waals surface area contributed by atoms with Gasteiger partial charge in [-0.05, 0) is 85.5 Å². The van der Waals surface area contributed by atoms with Crippen LogP contribution >= 0.6 is 0 Å². The molecule has 3 aromatic rings. The molecule has 0 saturated carbocycles. The largest absolute Gasteiger partial charge is 0.494 e. The molecule has 0 heterocycles. The summed E-state index contributed by atoms with van der Waals surface area (Å²) in [5.74, 6) is 2.03. The van der Waals surface area contributed by atoms with E-state index in [2.05, 4.69) is 18.9 Å². The third-order valence-corrected chi connectivity index (χ3v) is 5.28. The van der Waals surface area contributed by atoms with Gasteiger partial charge in [-0.1, -0.05) is 43.5 Å². The minimum absolute atomic E-state index is 0.0353. The van der Waals surface area contributed by atoms with Crippen LogP contribution in [0.25, 0.3) is 6.08 Å². The van der Waals surface area contributed by atoms with E-state index >= 15 is 0 Å². The molecule has 0 fully saturated rings. The molecule has 0 bridgehead atoms. The van der Waals surface area contributed by atoms with E-state index in [-0.39, 0.29) is 6.79 Å². The summed E-state index contributed by atoms with van der Waals surface area (Å²) in [5.41, 5.74) is 3.87. The van der Waals surface area contributed by atoms with Gasteiger partial charge < -0.3 is 23.8 Å². The minimum atomic E-state index is -0.431. The smallest absolute Gasteiger partial charge is 0.343 e. The van der Waals surface area contributed by atoms with Gasteiger partial charge in [0, 0.05) is 0 Å². The zero-order valence-corrected chi connectivity index (χ0v) is 21.3. The molecule has 0 aromatic heterocycles. The van der Waals surface area contributed by atoms with Crippen molar-refractivity contribution >= 4 is 12.0 Å². The molecule has 198 valence electrons. The molecule has 0 atom stereocenters. The normalized spacial score (nSPS) is 10.1. The lowest BCUT2D eigenvalue weighted by Crippen LogP contribution is -2.08. The standard InChI is InChI=1S/C31H32O7/c1-3-21-36-37-23-8-6-5-7-22-33-27-13-15-28(16-14-27)34-24-35-29-17-19-30(20-18-29)38-31(32)26-11-9-25(4-2)10-12-26/h4,9-21H,1-2,5-8,22-24H2. The maximum absolute atomic E-state index is 12.3. The highest BCUT2D eigenvalue weighted by molar-refractivity contribution is 5.91. The predicted molar refractivity (Wildman–Crippen MR) is 145 cm³/mol. The van der Waals surface area contributed by atoms with Crippen LogP contribution in [0, 0.1) is 0 Å². The minimum Gasteiger partial charge on any atom is -0.494 e. The Morgan fingerprint density at radius 1 is 0.711 bits per heavy atom. The zero-order chi connectivity index (χ0) is 26.8. The summed E-state index contributed by atoms with van der Waals surface area (Å²) in [6, 6.07) is 21.2. The third kappa shape index (κ3) is 10.3. The lowest BCUT2D eigenvalue weighted by Gasteiger charge is -2.10. The van der Waals surface area contributed by atoms with Crippen LogP contribution < -0.4 is 18.9 Å². The Bertz CT molecular complexity index is 1160. The molecule has 0 amide bonds. The quantitative estimate of drug-likeness (QED) is 0.0276. The van der Waals surface area contributed by atoms with Gasteiger partial charge in [0.2, 0.25) is 6.79 Å². The highest BCUT2D eigenvalue weighted by Gasteiger charge is 2.08. The van der Waals surface area contributed by atoms with Gasteiger partial charge in [-0.25, -0.2) is 4.79 Å². The maximum Gasteiger partial charge on any atom is 0.343 e. The summed E-state index contributed by atoms with van der Waals surface area (Å²) in [6.07, 6.45) is 6.96. The first-order chi connectivity index (χ1) is 18.7. The number of carbonyl (C=O) groups is 1. The zero-order valence-electron chi connectivity index (χ0n) is 21.3. The van der Waals surface area contributed by atoms with Crippen LogP contribution in [0.3, 0.4) is 0 Å². The first kappa shape index (κ1) is 28.1. The Labute approximate surface area is 223 Å². The Hall–Kier alpha value is -4.45. The van der Waals surface area contributed by atoms with E-state index in [0.29, 0.717) is 36.0 Å². The number of ether oxygens (including phenoxy) is 4. The van der Waals surface area contributed by atoms with E-state index in [0.717, 1.165) is 37.0 Å². The van der Waals surface area contributed by atoms with Crippen molar-refractivity contribution in [1.82, 2.24) is 0 Å². The summed E-state index contributed by atoms with van der Waals surface area (Å²) in [4.78, 5) is 21.9. The molecule has 38 heavy (non-hydrogen) atoms. The van der Waals surface area contributed by atoms with Crippen molar-refractivity contribution in [3.8, 4) is 23.0 Å². The SMILES string of the molecule is C=C=COOCCCCCCOc1ccc(OCOc2ccc(OC(=O)c3ccc(C=C)cc3)cc2)cc1. The molecular weight excluding hydrogens is 484 g/mol. The molecular formula is C31H32O7. The first-order valence-electron chi connectivity index (χ1n) is 12.3. The predicted octanol–water partition coefficient (Wildman–Crippen LogP) is 7.15. The molecule has 3 aromatic carbocycles.